The lowest BCUT2D eigenvalue weighted by Crippen LogP contribution is -2.39. The molecule has 1 atom stereocenters. The van der Waals surface area contributed by atoms with Crippen LogP contribution in [0.3, 0.4) is 0 Å². The lowest BCUT2D eigenvalue weighted by Gasteiger charge is -2.21. The largest absolute Gasteiger partial charge is 0.351 e. The first kappa shape index (κ1) is 11.1. The van der Waals surface area contributed by atoms with E-state index in [0.29, 0.717) is 6.54 Å². The van der Waals surface area contributed by atoms with Crippen molar-refractivity contribution in [3.63, 3.8) is 0 Å². The van der Waals surface area contributed by atoms with E-state index in [1.54, 1.807) is 10.9 Å². The average Bonchev–Trinajstić information content (AvgIpc) is 2.85. The molecule has 0 aromatic carbocycles. The molecule has 1 unspecified atom stereocenters. The van der Waals surface area contributed by atoms with Gasteiger partial charge in [0, 0.05) is 31.9 Å². The average molecular weight is 222 g/mol. The number of rotatable bonds is 3. The predicted molar refractivity (Wildman–Crippen MR) is 60.6 cm³/mol. The highest BCUT2D eigenvalue weighted by molar-refractivity contribution is 5.82. The van der Waals surface area contributed by atoms with Crippen LogP contribution in [-0.4, -0.2) is 28.8 Å². The Hall–Kier alpha value is -1.36. The Labute approximate surface area is 95.2 Å². The van der Waals surface area contributed by atoms with Gasteiger partial charge in [-0.2, -0.15) is 5.10 Å². The molecule has 1 saturated heterocycles. The van der Waals surface area contributed by atoms with E-state index >= 15 is 0 Å². The molecule has 0 spiro atoms. The monoisotopic (exact) mass is 222 g/mol. The molecule has 1 amide bonds. The van der Waals surface area contributed by atoms with Gasteiger partial charge < -0.3 is 10.6 Å². The van der Waals surface area contributed by atoms with Gasteiger partial charge in [0.25, 0.3) is 0 Å². The number of nitrogens with one attached hydrogen (secondary N) is 2. The minimum atomic E-state index is -0.248. The molecular formula is C11H18N4O. The second-order valence-electron chi connectivity index (χ2n) is 4.69. The van der Waals surface area contributed by atoms with Gasteiger partial charge in [-0.05, 0) is 19.9 Å². The maximum atomic E-state index is 12.0. The summed E-state index contributed by atoms with van der Waals surface area (Å²) in [6, 6.07) is 0. The molecule has 0 radical (unpaired) electrons. The second-order valence-corrected chi connectivity index (χ2v) is 4.69. The number of carbonyl (C=O) groups excluding carboxylic acids is 1. The minimum absolute atomic E-state index is 0.126. The van der Waals surface area contributed by atoms with Gasteiger partial charge in [0.05, 0.1) is 11.6 Å². The third-order valence-electron chi connectivity index (χ3n) is 3.13. The number of nitrogens with zero attached hydrogens (tertiary/aromatic N) is 2. The maximum Gasteiger partial charge on any atom is 0.227 e. The fourth-order valence-corrected chi connectivity index (χ4v) is 1.97. The molecule has 1 aliphatic heterocycles. The molecule has 1 aliphatic rings. The Morgan fingerprint density at radius 2 is 2.56 bits per heavy atom. The number of aryl methyl sites for hydroxylation is 1. The lowest BCUT2D eigenvalue weighted by atomic mass is 9.89. The highest BCUT2D eigenvalue weighted by Gasteiger charge is 2.35. The van der Waals surface area contributed by atoms with Crippen molar-refractivity contribution >= 4 is 5.91 Å². The normalized spacial score (nSPS) is 24.6. The Morgan fingerprint density at radius 3 is 3.12 bits per heavy atom. The van der Waals surface area contributed by atoms with Gasteiger partial charge in [-0.1, -0.05) is 0 Å². The van der Waals surface area contributed by atoms with E-state index < -0.39 is 0 Å². The number of carbonyl (C=O) groups is 1. The third-order valence-corrected chi connectivity index (χ3v) is 3.13. The highest BCUT2D eigenvalue weighted by atomic mass is 16.2. The molecule has 5 heteroatoms. The summed E-state index contributed by atoms with van der Waals surface area (Å²) in [5, 5.41) is 10.2. The number of aromatic nitrogens is 2. The van der Waals surface area contributed by atoms with Crippen molar-refractivity contribution in [1.82, 2.24) is 20.4 Å². The van der Waals surface area contributed by atoms with Crippen molar-refractivity contribution in [2.24, 2.45) is 12.5 Å². The van der Waals surface area contributed by atoms with Gasteiger partial charge in [0.1, 0.15) is 0 Å². The fourth-order valence-electron chi connectivity index (χ4n) is 1.97. The summed E-state index contributed by atoms with van der Waals surface area (Å²) in [6.07, 6.45) is 4.59. The zero-order valence-corrected chi connectivity index (χ0v) is 9.79. The van der Waals surface area contributed by atoms with Gasteiger partial charge in [0.15, 0.2) is 0 Å². The smallest absolute Gasteiger partial charge is 0.227 e. The van der Waals surface area contributed by atoms with Gasteiger partial charge in [0.2, 0.25) is 5.91 Å². The zero-order valence-electron chi connectivity index (χ0n) is 9.79. The molecule has 2 N–H and O–H groups in total. The molecular weight excluding hydrogens is 204 g/mol. The van der Waals surface area contributed by atoms with Crippen molar-refractivity contribution in [3.05, 3.63) is 18.0 Å². The van der Waals surface area contributed by atoms with Gasteiger partial charge in [-0.15, -0.1) is 0 Å². The molecule has 0 saturated carbocycles. The summed E-state index contributed by atoms with van der Waals surface area (Å²) in [7, 11) is 1.87. The molecule has 0 aliphatic carbocycles. The number of amides is 1. The lowest BCUT2D eigenvalue weighted by molar-refractivity contribution is -0.129. The molecule has 5 nitrogen and oxygen atoms in total. The van der Waals surface area contributed by atoms with Gasteiger partial charge in [-0.3, -0.25) is 9.48 Å². The molecule has 88 valence electrons. The van der Waals surface area contributed by atoms with Crippen LogP contribution in [0.4, 0.5) is 0 Å². The Balaban J connectivity index is 1.88. The van der Waals surface area contributed by atoms with Crippen molar-refractivity contribution in [2.75, 3.05) is 13.1 Å². The van der Waals surface area contributed by atoms with Crippen LogP contribution in [0.5, 0.6) is 0 Å². The van der Waals surface area contributed by atoms with Crippen molar-refractivity contribution in [2.45, 2.75) is 19.9 Å². The number of hydrogen-bond acceptors (Lipinski definition) is 3. The summed E-state index contributed by atoms with van der Waals surface area (Å²) in [5.74, 6) is 0.126. The SMILES string of the molecule is Cn1cc(CNC(=O)C2(C)CCNC2)cn1. The number of hydrogen-bond donors (Lipinski definition) is 2. The van der Waals surface area contributed by atoms with E-state index in [-0.39, 0.29) is 11.3 Å². The molecule has 2 heterocycles. The highest BCUT2D eigenvalue weighted by Crippen LogP contribution is 2.24. The summed E-state index contributed by atoms with van der Waals surface area (Å²) < 4.78 is 1.74. The first-order valence-corrected chi connectivity index (χ1v) is 5.57. The van der Waals surface area contributed by atoms with Crippen molar-refractivity contribution in [3.8, 4) is 0 Å². The van der Waals surface area contributed by atoms with Gasteiger partial charge >= 0.3 is 0 Å². The van der Waals surface area contributed by atoms with E-state index in [0.717, 1.165) is 25.1 Å². The molecule has 2 rings (SSSR count). The molecule has 1 fully saturated rings. The van der Waals surface area contributed by atoms with Crippen molar-refractivity contribution in [1.29, 1.82) is 0 Å². The summed E-state index contributed by atoms with van der Waals surface area (Å²) in [4.78, 5) is 12.0. The summed E-state index contributed by atoms with van der Waals surface area (Å²) in [5.41, 5.74) is 0.785. The maximum absolute atomic E-state index is 12.0. The van der Waals surface area contributed by atoms with Crippen LogP contribution in [0.1, 0.15) is 18.9 Å². The Morgan fingerprint density at radius 1 is 1.75 bits per heavy atom. The van der Waals surface area contributed by atoms with Crippen LogP contribution in [0.15, 0.2) is 12.4 Å². The van der Waals surface area contributed by atoms with E-state index in [4.69, 9.17) is 0 Å². The Bertz CT molecular complexity index is 379. The van der Waals surface area contributed by atoms with E-state index in [9.17, 15) is 4.79 Å². The second kappa shape index (κ2) is 4.25. The summed E-state index contributed by atoms with van der Waals surface area (Å²) in [6.45, 7) is 4.26. The van der Waals surface area contributed by atoms with E-state index in [1.165, 1.54) is 0 Å². The Kier molecular flexibility index (Phi) is 2.96. The molecule has 1 aromatic heterocycles. The first-order chi connectivity index (χ1) is 7.60. The standard InChI is InChI=1S/C11H18N4O/c1-11(3-4-12-8-11)10(16)13-5-9-6-14-15(2)7-9/h6-7,12H,3-5,8H2,1-2H3,(H,13,16). The zero-order chi connectivity index (χ0) is 11.6. The van der Waals surface area contributed by atoms with Crippen LogP contribution < -0.4 is 10.6 Å². The van der Waals surface area contributed by atoms with Gasteiger partial charge in [-0.25, -0.2) is 0 Å². The van der Waals surface area contributed by atoms with Crippen LogP contribution in [0, 0.1) is 5.41 Å². The topological polar surface area (TPSA) is 59.0 Å². The first-order valence-electron chi connectivity index (χ1n) is 5.57. The van der Waals surface area contributed by atoms with E-state index in [1.807, 2.05) is 20.2 Å². The van der Waals surface area contributed by atoms with Crippen molar-refractivity contribution < 1.29 is 4.79 Å². The fraction of sp³-hybridized carbons (Fsp3) is 0.636. The molecule has 1 aromatic rings. The van der Waals surface area contributed by atoms with Crippen LogP contribution in [0.2, 0.25) is 0 Å². The summed E-state index contributed by atoms with van der Waals surface area (Å²) >= 11 is 0. The molecule has 16 heavy (non-hydrogen) atoms. The quantitative estimate of drug-likeness (QED) is 0.759. The van der Waals surface area contributed by atoms with Crippen LogP contribution in [-0.2, 0) is 18.4 Å². The minimum Gasteiger partial charge on any atom is -0.351 e. The van der Waals surface area contributed by atoms with E-state index in [2.05, 4.69) is 15.7 Å². The van der Waals surface area contributed by atoms with Crippen LogP contribution >= 0.6 is 0 Å². The van der Waals surface area contributed by atoms with Crippen LogP contribution in [0.25, 0.3) is 0 Å². The third kappa shape index (κ3) is 2.24. The predicted octanol–water partition coefficient (Wildman–Crippen LogP) is 0.0359. The molecule has 0 bridgehead atoms.